The van der Waals surface area contributed by atoms with Crippen molar-refractivity contribution in [3.63, 3.8) is 0 Å². The fourth-order valence-corrected chi connectivity index (χ4v) is 4.69. The molecule has 2 fully saturated rings. The van der Waals surface area contributed by atoms with Gasteiger partial charge in [0.25, 0.3) is 5.91 Å². The Morgan fingerprint density at radius 2 is 1.85 bits per heavy atom. The molecule has 2 aliphatic heterocycles. The van der Waals surface area contributed by atoms with Gasteiger partial charge < -0.3 is 9.80 Å². The van der Waals surface area contributed by atoms with Crippen molar-refractivity contribution in [3.05, 3.63) is 38.7 Å². The van der Waals surface area contributed by atoms with E-state index >= 15 is 0 Å². The Hall–Kier alpha value is -1.12. The second-order valence-electron chi connectivity index (χ2n) is 6.40. The molecule has 0 N–H and O–H groups in total. The van der Waals surface area contributed by atoms with Crippen molar-refractivity contribution in [1.82, 2.24) is 14.7 Å². The summed E-state index contributed by atoms with van der Waals surface area (Å²) in [6.45, 7) is 3.46. The van der Waals surface area contributed by atoms with E-state index in [0.717, 1.165) is 26.2 Å². The number of piperazine rings is 1. The maximum atomic E-state index is 12.7. The highest BCUT2D eigenvalue weighted by Gasteiger charge is 2.33. The normalized spacial score (nSPS) is 20.0. The molecule has 0 unspecified atom stereocenters. The Labute approximate surface area is 178 Å². The van der Waals surface area contributed by atoms with E-state index < -0.39 is 0 Å². The van der Waals surface area contributed by atoms with E-state index in [-0.39, 0.29) is 24.8 Å². The summed E-state index contributed by atoms with van der Waals surface area (Å²) >= 11 is 18.9. The molecular weight excluding hydrogens is 425 g/mol. The van der Waals surface area contributed by atoms with Gasteiger partial charge in [-0.25, -0.2) is 0 Å². The molecule has 9 heteroatoms. The van der Waals surface area contributed by atoms with E-state index in [1.807, 2.05) is 11.9 Å². The van der Waals surface area contributed by atoms with Crippen molar-refractivity contribution in [2.24, 2.45) is 0 Å². The molecule has 2 saturated heterocycles. The number of rotatable bonds is 4. The Morgan fingerprint density at radius 1 is 1.22 bits per heavy atom. The van der Waals surface area contributed by atoms with Gasteiger partial charge in [-0.05, 0) is 25.3 Å². The molecule has 0 aromatic heterocycles. The summed E-state index contributed by atoms with van der Waals surface area (Å²) in [5.41, 5.74) is 0.592. The predicted molar refractivity (Wildman–Crippen MR) is 115 cm³/mol. The minimum atomic E-state index is -0.216. The van der Waals surface area contributed by atoms with Gasteiger partial charge in [0.2, 0.25) is 5.91 Å². The number of thiocarbonyl (C=S) groups is 1. The van der Waals surface area contributed by atoms with Crippen molar-refractivity contribution in [1.29, 1.82) is 0 Å². The number of amides is 2. The lowest BCUT2D eigenvalue weighted by Gasteiger charge is -2.32. The molecule has 1 aromatic rings. The maximum Gasteiger partial charge on any atom is 0.266 e. The third kappa shape index (κ3) is 4.84. The van der Waals surface area contributed by atoms with E-state index in [1.165, 1.54) is 16.7 Å². The summed E-state index contributed by atoms with van der Waals surface area (Å²) in [4.78, 5) is 31.1. The summed E-state index contributed by atoms with van der Waals surface area (Å²) in [6, 6.07) is 5.18. The van der Waals surface area contributed by atoms with Crippen LogP contribution in [0.2, 0.25) is 10.0 Å². The molecule has 0 aliphatic carbocycles. The molecule has 0 saturated carbocycles. The molecule has 0 atom stereocenters. The number of carbonyl (C=O) groups is 2. The van der Waals surface area contributed by atoms with Crippen LogP contribution in [-0.2, 0) is 9.59 Å². The van der Waals surface area contributed by atoms with Crippen LogP contribution in [-0.4, -0.2) is 70.6 Å². The molecule has 2 amide bonds. The summed E-state index contributed by atoms with van der Waals surface area (Å²) in [5.74, 6) is -0.164. The van der Waals surface area contributed by atoms with Gasteiger partial charge in [-0.1, -0.05) is 53.2 Å². The number of benzene rings is 1. The number of thioether (sulfide) groups is 1. The van der Waals surface area contributed by atoms with Gasteiger partial charge in [-0.15, -0.1) is 0 Å². The van der Waals surface area contributed by atoms with Crippen LogP contribution in [0.25, 0.3) is 6.08 Å². The third-order valence-electron chi connectivity index (χ3n) is 4.55. The molecule has 0 spiro atoms. The zero-order valence-corrected chi connectivity index (χ0v) is 17.9. The first-order chi connectivity index (χ1) is 12.9. The minimum absolute atomic E-state index is 0.0512. The minimum Gasteiger partial charge on any atom is -0.340 e. The average molecular weight is 444 g/mol. The molecule has 27 heavy (non-hydrogen) atoms. The molecule has 3 rings (SSSR count). The number of halogens is 2. The lowest BCUT2D eigenvalue weighted by atomic mass is 10.2. The van der Waals surface area contributed by atoms with Gasteiger partial charge in [-0.2, -0.15) is 0 Å². The largest absolute Gasteiger partial charge is 0.340 e. The van der Waals surface area contributed by atoms with Crippen LogP contribution in [0, 0.1) is 0 Å². The van der Waals surface area contributed by atoms with Crippen LogP contribution in [0.5, 0.6) is 0 Å². The lowest BCUT2D eigenvalue weighted by molar-refractivity contribution is -0.133. The van der Waals surface area contributed by atoms with Gasteiger partial charge in [-0.3, -0.25) is 14.5 Å². The first-order valence-electron chi connectivity index (χ1n) is 8.52. The fourth-order valence-electron chi connectivity index (χ4n) is 2.89. The average Bonchev–Trinajstić information content (AvgIpc) is 2.90. The molecule has 1 aromatic carbocycles. The number of carbonyl (C=O) groups excluding carboxylic acids is 2. The molecule has 144 valence electrons. The predicted octanol–water partition coefficient (Wildman–Crippen LogP) is 3.36. The monoisotopic (exact) mass is 443 g/mol. The van der Waals surface area contributed by atoms with Crippen LogP contribution in [0.1, 0.15) is 12.0 Å². The molecular formula is C18H19Cl2N3O2S2. The first-order valence-corrected chi connectivity index (χ1v) is 10.5. The highest BCUT2D eigenvalue weighted by atomic mass is 35.5. The van der Waals surface area contributed by atoms with E-state index in [4.69, 9.17) is 35.4 Å². The standard InChI is InChI=1S/C18H19Cl2N3O2S2/c1-21-7-9-22(10-8-21)16(24)5-6-23-17(25)15(27-18(23)26)11-12-13(19)3-2-4-14(12)20/h2-4,11H,5-10H2,1H3. The maximum absolute atomic E-state index is 12.7. The highest BCUT2D eigenvalue weighted by molar-refractivity contribution is 8.26. The van der Waals surface area contributed by atoms with Gasteiger partial charge in [0.15, 0.2) is 0 Å². The topological polar surface area (TPSA) is 43.9 Å². The van der Waals surface area contributed by atoms with E-state index in [9.17, 15) is 9.59 Å². The summed E-state index contributed by atoms with van der Waals surface area (Å²) in [6.07, 6.45) is 1.92. The van der Waals surface area contributed by atoms with Crippen LogP contribution < -0.4 is 0 Å². The quantitative estimate of drug-likeness (QED) is 0.527. The Morgan fingerprint density at radius 3 is 2.48 bits per heavy atom. The molecule has 0 radical (unpaired) electrons. The summed E-state index contributed by atoms with van der Waals surface area (Å²) < 4.78 is 0.445. The number of likely N-dealkylation sites (N-methyl/N-ethyl adjacent to an activating group) is 1. The fraction of sp³-hybridized carbons (Fsp3) is 0.389. The summed E-state index contributed by atoms with van der Waals surface area (Å²) in [5, 5.41) is 0.941. The number of nitrogens with zero attached hydrogens (tertiary/aromatic N) is 3. The van der Waals surface area contributed by atoms with E-state index in [0.29, 0.717) is 24.8 Å². The lowest BCUT2D eigenvalue weighted by Crippen LogP contribution is -2.47. The van der Waals surface area contributed by atoms with Crippen molar-refractivity contribution in [2.45, 2.75) is 6.42 Å². The zero-order valence-electron chi connectivity index (χ0n) is 14.8. The smallest absolute Gasteiger partial charge is 0.266 e. The van der Waals surface area contributed by atoms with Crippen LogP contribution >= 0.6 is 47.2 Å². The summed E-state index contributed by atoms with van der Waals surface area (Å²) in [7, 11) is 2.04. The van der Waals surface area contributed by atoms with Gasteiger partial charge >= 0.3 is 0 Å². The third-order valence-corrected chi connectivity index (χ3v) is 6.59. The number of hydrogen-bond acceptors (Lipinski definition) is 5. The van der Waals surface area contributed by atoms with Crippen molar-refractivity contribution in [2.75, 3.05) is 39.8 Å². The first kappa shape index (κ1) is 20.6. The highest BCUT2D eigenvalue weighted by Crippen LogP contribution is 2.35. The van der Waals surface area contributed by atoms with E-state index in [2.05, 4.69) is 4.90 Å². The van der Waals surface area contributed by atoms with Crippen LogP contribution in [0.4, 0.5) is 0 Å². The number of hydrogen-bond donors (Lipinski definition) is 0. The second-order valence-corrected chi connectivity index (χ2v) is 8.89. The molecule has 2 aliphatic rings. The van der Waals surface area contributed by atoms with Gasteiger partial charge in [0, 0.05) is 54.8 Å². The van der Waals surface area contributed by atoms with Crippen molar-refractivity contribution < 1.29 is 9.59 Å². The zero-order chi connectivity index (χ0) is 19.6. The van der Waals surface area contributed by atoms with Crippen molar-refractivity contribution in [3.8, 4) is 0 Å². The molecule has 5 nitrogen and oxygen atoms in total. The van der Waals surface area contributed by atoms with E-state index in [1.54, 1.807) is 24.3 Å². The van der Waals surface area contributed by atoms with Gasteiger partial charge in [0.05, 0.1) is 4.91 Å². The Bertz CT molecular complexity index is 788. The SMILES string of the molecule is CN1CCN(C(=O)CCN2C(=O)C(=Cc3c(Cl)cccc3Cl)SC2=S)CC1. The van der Waals surface area contributed by atoms with Crippen LogP contribution in [0.15, 0.2) is 23.1 Å². The van der Waals surface area contributed by atoms with Crippen LogP contribution in [0.3, 0.4) is 0 Å². The Kier molecular flexibility index (Phi) is 6.81. The van der Waals surface area contributed by atoms with Gasteiger partial charge in [0.1, 0.15) is 4.32 Å². The molecule has 0 bridgehead atoms. The second kappa shape index (κ2) is 8.92. The molecule has 2 heterocycles. The Balaban J connectivity index is 1.64. The van der Waals surface area contributed by atoms with Crippen molar-refractivity contribution >= 4 is 69.4 Å².